The van der Waals surface area contributed by atoms with Crippen LogP contribution in [0.25, 0.3) is 11.3 Å². The van der Waals surface area contributed by atoms with Crippen molar-refractivity contribution in [3.8, 4) is 11.3 Å². The van der Waals surface area contributed by atoms with Crippen LogP contribution < -0.4 is 9.62 Å². The monoisotopic (exact) mass is 393 g/mol. The maximum absolute atomic E-state index is 11.6. The molecule has 3 aromatic rings. The molecular weight excluding hydrogens is 378 g/mol. The summed E-state index contributed by atoms with van der Waals surface area (Å²) in [7, 11) is -1.74. The van der Waals surface area contributed by atoms with Crippen LogP contribution in [0.3, 0.4) is 0 Å². The van der Waals surface area contributed by atoms with Gasteiger partial charge in [0.2, 0.25) is 10.0 Å². The first-order valence-corrected chi connectivity index (χ1v) is 10.5. The molecule has 0 fully saturated rings. The molecule has 130 valence electrons. The molecule has 0 saturated carbocycles. The third kappa shape index (κ3) is 4.31. The Bertz CT molecular complexity index is 968. The van der Waals surface area contributed by atoms with Gasteiger partial charge in [-0.2, -0.15) is 0 Å². The number of nitrogens with zero attached hydrogens (tertiary/aromatic N) is 2. The first-order chi connectivity index (χ1) is 11.8. The van der Waals surface area contributed by atoms with Gasteiger partial charge in [0, 0.05) is 28.7 Å². The average Bonchev–Trinajstić information content (AvgIpc) is 3.04. The van der Waals surface area contributed by atoms with Gasteiger partial charge in [0.15, 0.2) is 5.13 Å². The maximum atomic E-state index is 11.6. The lowest BCUT2D eigenvalue weighted by Crippen LogP contribution is -2.24. The lowest BCUT2D eigenvalue weighted by atomic mass is 10.1. The summed E-state index contributed by atoms with van der Waals surface area (Å²) < 4.78 is 24.4. The van der Waals surface area contributed by atoms with Crippen molar-refractivity contribution in [2.75, 3.05) is 22.9 Å². The van der Waals surface area contributed by atoms with Crippen molar-refractivity contribution in [2.45, 2.75) is 0 Å². The van der Waals surface area contributed by atoms with Crippen molar-refractivity contribution in [2.24, 2.45) is 0 Å². The number of thiazole rings is 1. The van der Waals surface area contributed by atoms with E-state index in [0.29, 0.717) is 10.7 Å². The topological polar surface area (TPSA) is 62.3 Å². The van der Waals surface area contributed by atoms with Crippen LogP contribution >= 0.6 is 22.9 Å². The minimum atomic E-state index is -3.27. The standard InChI is InChI=1S/C17H16ClN3O2S2/c1-21(25(2,22)23)15-9-3-12(4-10-15)16-11-24-17(20-16)19-14-7-5-13(18)6-8-14/h3-11H,1-2H3,(H,19,20). The summed E-state index contributed by atoms with van der Waals surface area (Å²) in [5.41, 5.74) is 3.28. The first-order valence-electron chi connectivity index (χ1n) is 7.35. The fourth-order valence-electron chi connectivity index (χ4n) is 2.15. The van der Waals surface area contributed by atoms with Crippen molar-refractivity contribution in [1.82, 2.24) is 4.98 Å². The third-order valence-electron chi connectivity index (χ3n) is 3.62. The average molecular weight is 394 g/mol. The summed E-state index contributed by atoms with van der Waals surface area (Å²) in [6, 6.07) is 14.7. The highest BCUT2D eigenvalue weighted by Crippen LogP contribution is 2.29. The molecule has 5 nitrogen and oxygen atoms in total. The highest BCUT2D eigenvalue weighted by Gasteiger charge is 2.12. The molecular formula is C17H16ClN3O2S2. The normalized spacial score (nSPS) is 11.3. The number of aromatic nitrogens is 1. The van der Waals surface area contributed by atoms with Crippen molar-refractivity contribution in [1.29, 1.82) is 0 Å². The molecule has 1 N–H and O–H groups in total. The van der Waals surface area contributed by atoms with E-state index in [0.717, 1.165) is 22.1 Å². The quantitative estimate of drug-likeness (QED) is 0.687. The second-order valence-electron chi connectivity index (χ2n) is 5.45. The van der Waals surface area contributed by atoms with Crippen molar-refractivity contribution >= 4 is 49.5 Å². The summed E-state index contributed by atoms with van der Waals surface area (Å²) >= 11 is 7.38. The van der Waals surface area contributed by atoms with Gasteiger partial charge in [-0.3, -0.25) is 4.31 Å². The molecule has 0 aliphatic rings. The van der Waals surface area contributed by atoms with Crippen LogP contribution in [0.5, 0.6) is 0 Å². The summed E-state index contributed by atoms with van der Waals surface area (Å²) in [6.07, 6.45) is 1.18. The SMILES string of the molecule is CN(c1ccc(-c2csc(Nc3ccc(Cl)cc3)n2)cc1)S(C)(=O)=O. The van der Waals surface area contributed by atoms with Crippen LogP contribution in [0.1, 0.15) is 0 Å². The Morgan fingerprint density at radius 3 is 2.32 bits per heavy atom. The number of hydrogen-bond acceptors (Lipinski definition) is 5. The van der Waals surface area contributed by atoms with E-state index in [-0.39, 0.29) is 0 Å². The van der Waals surface area contributed by atoms with Gasteiger partial charge in [-0.25, -0.2) is 13.4 Å². The van der Waals surface area contributed by atoms with Gasteiger partial charge < -0.3 is 5.32 Å². The van der Waals surface area contributed by atoms with E-state index in [4.69, 9.17) is 11.6 Å². The summed E-state index contributed by atoms with van der Waals surface area (Å²) in [4.78, 5) is 4.56. The van der Waals surface area contributed by atoms with Gasteiger partial charge in [-0.1, -0.05) is 23.7 Å². The Kier molecular flexibility index (Phi) is 4.99. The molecule has 0 saturated heterocycles. The number of hydrogen-bond donors (Lipinski definition) is 1. The van der Waals surface area contributed by atoms with Crippen molar-refractivity contribution < 1.29 is 8.42 Å². The second kappa shape index (κ2) is 7.03. The lowest BCUT2D eigenvalue weighted by molar-refractivity contribution is 0.600. The zero-order valence-corrected chi connectivity index (χ0v) is 16.0. The van der Waals surface area contributed by atoms with Crippen LogP contribution in [0, 0.1) is 0 Å². The molecule has 0 unspecified atom stereocenters. The third-order valence-corrected chi connectivity index (χ3v) is 5.84. The molecule has 2 aromatic carbocycles. The van der Waals surface area contributed by atoms with E-state index in [2.05, 4.69) is 10.3 Å². The predicted molar refractivity (Wildman–Crippen MR) is 106 cm³/mol. The largest absolute Gasteiger partial charge is 0.332 e. The van der Waals surface area contributed by atoms with Crippen LogP contribution in [0.15, 0.2) is 53.9 Å². The van der Waals surface area contributed by atoms with Gasteiger partial charge in [-0.15, -0.1) is 11.3 Å². The molecule has 1 aromatic heterocycles. The van der Waals surface area contributed by atoms with Crippen LogP contribution in [0.2, 0.25) is 5.02 Å². The number of anilines is 3. The number of sulfonamides is 1. The number of nitrogens with one attached hydrogen (secondary N) is 1. The van der Waals surface area contributed by atoms with Gasteiger partial charge in [-0.05, 0) is 36.4 Å². The fraction of sp³-hybridized carbons (Fsp3) is 0.118. The van der Waals surface area contributed by atoms with Crippen molar-refractivity contribution in [3.63, 3.8) is 0 Å². The zero-order chi connectivity index (χ0) is 18.0. The molecule has 8 heteroatoms. The molecule has 0 radical (unpaired) electrons. The fourth-order valence-corrected chi connectivity index (χ4v) is 3.52. The Hall–Kier alpha value is -2.09. The van der Waals surface area contributed by atoms with Gasteiger partial charge >= 0.3 is 0 Å². The van der Waals surface area contributed by atoms with Crippen LogP contribution in [-0.4, -0.2) is 26.7 Å². The minimum absolute atomic E-state index is 0.612. The van der Waals surface area contributed by atoms with E-state index in [1.54, 1.807) is 12.1 Å². The summed E-state index contributed by atoms with van der Waals surface area (Å²) in [5, 5.41) is 6.64. The van der Waals surface area contributed by atoms with E-state index in [9.17, 15) is 8.42 Å². The smallest absolute Gasteiger partial charge is 0.231 e. The number of rotatable bonds is 5. The van der Waals surface area contributed by atoms with E-state index in [1.165, 1.54) is 28.9 Å². The maximum Gasteiger partial charge on any atom is 0.231 e. The molecule has 0 spiro atoms. The van der Waals surface area contributed by atoms with E-state index in [1.807, 2.05) is 41.8 Å². The molecule has 0 bridgehead atoms. The molecule has 0 aliphatic heterocycles. The van der Waals surface area contributed by atoms with Gasteiger partial charge in [0.1, 0.15) is 0 Å². The van der Waals surface area contributed by atoms with Crippen LogP contribution in [0.4, 0.5) is 16.5 Å². The molecule has 0 aliphatic carbocycles. The van der Waals surface area contributed by atoms with Crippen LogP contribution in [-0.2, 0) is 10.0 Å². The minimum Gasteiger partial charge on any atom is -0.332 e. The summed E-state index contributed by atoms with van der Waals surface area (Å²) in [6.45, 7) is 0. The Balaban J connectivity index is 1.77. The van der Waals surface area contributed by atoms with Gasteiger partial charge in [0.05, 0.1) is 17.6 Å². The number of benzene rings is 2. The zero-order valence-electron chi connectivity index (χ0n) is 13.6. The van der Waals surface area contributed by atoms with E-state index >= 15 is 0 Å². The Morgan fingerprint density at radius 2 is 1.72 bits per heavy atom. The highest BCUT2D eigenvalue weighted by atomic mass is 35.5. The second-order valence-corrected chi connectivity index (χ2v) is 8.76. The number of halogens is 1. The first kappa shape index (κ1) is 17.7. The molecule has 0 amide bonds. The van der Waals surface area contributed by atoms with Gasteiger partial charge in [0.25, 0.3) is 0 Å². The Labute approximate surface area is 156 Å². The molecule has 25 heavy (non-hydrogen) atoms. The molecule has 1 heterocycles. The molecule has 3 rings (SSSR count). The Morgan fingerprint density at radius 1 is 1.08 bits per heavy atom. The summed E-state index contributed by atoms with van der Waals surface area (Å²) in [5.74, 6) is 0. The molecule has 0 atom stereocenters. The van der Waals surface area contributed by atoms with Crippen molar-refractivity contribution in [3.05, 3.63) is 58.9 Å². The predicted octanol–water partition coefficient (Wildman–Crippen LogP) is 4.60. The van der Waals surface area contributed by atoms with E-state index < -0.39 is 10.0 Å². The lowest BCUT2D eigenvalue weighted by Gasteiger charge is -2.16. The highest BCUT2D eigenvalue weighted by molar-refractivity contribution is 7.92.